The van der Waals surface area contributed by atoms with Gasteiger partial charge in [0, 0.05) is 77.8 Å². The third-order valence-corrected chi connectivity index (χ3v) is 5.70. The van der Waals surface area contributed by atoms with Crippen LogP contribution in [0.5, 0.6) is 5.75 Å². The Balaban J connectivity index is 1.39. The van der Waals surface area contributed by atoms with Gasteiger partial charge in [-0.1, -0.05) is 0 Å². The van der Waals surface area contributed by atoms with Crippen molar-refractivity contribution in [3.63, 3.8) is 0 Å². The summed E-state index contributed by atoms with van der Waals surface area (Å²) in [5.74, 6) is 0.907. The molecule has 0 saturated carbocycles. The van der Waals surface area contributed by atoms with Crippen molar-refractivity contribution in [1.82, 2.24) is 14.7 Å². The summed E-state index contributed by atoms with van der Waals surface area (Å²) in [7, 11) is 1.65. The molecule has 0 unspecified atom stereocenters. The van der Waals surface area contributed by atoms with Crippen LogP contribution in [0.15, 0.2) is 24.3 Å². The molecule has 8 heteroatoms. The van der Waals surface area contributed by atoms with Crippen molar-refractivity contribution >= 4 is 23.4 Å². The first-order chi connectivity index (χ1) is 14.0. The first-order valence-electron chi connectivity index (χ1n) is 10.2. The number of hydrogen-bond donors (Lipinski definition) is 0. The second-order valence-electron chi connectivity index (χ2n) is 7.45. The van der Waals surface area contributed by atoms with Gasteiger partial charge in [-0.3, -0.25) is 14.4 Å². The smallest absolute Gasteiger partial charge is 0.223 e. The van der Waals surface area contributed by atoms with Gasteiger partial charge in [0.15, 0.2) is 0 Å². The molecule has 2 aliphatic heterocycles. The van der Waals surface area contributed by atoms with Crippen LogP contribution in [0.2, 0.25) is 0 Å². The quantitative estimate of drug-likeness (QED) is 0.729. The summed E-state index contributed by atoms with van der Waals surface area (Å²) in [5, 5.41) is 0. The lowest BCUT2D eigenvalue weighted by molar-refractivity contribution is -0.140. The summed E-state index contributed by atoms with van der Waals surface area (Å²) < 4.78 is 5.19. The number of anilines is 1. The van der Waals surface area contributed by atoms with Gasteiger partial charge < -0.3 is 24.3 Å². The zero-order chi connectivity index (χ0) is 20.8. The highest BCUT2D eigenvalue weighted by atomic mass is 16.5. The zero-order valence-corrected chi connectivity index (χ0v) is 17.3. The minimum Gasteiger partial charge on any atom is -0.497 e. The Labute approximate surface area is 172 Å². The summed E-state index contributed by atoms with van der Waals surface area (Å²) in [5.41, 5.74) is 1.12. The fourth-order valence-electron chi connectivity index (χ4n) is 3.81. The van der Waals surface area contributed by atoms with Gasteiger partial charge in [-0.2, -0.15) is 0 Å². The molecule has 0 radical (unpaired) electrons. The van der Waals surface area contributed by atoms with Crippen LogP contribution in [0.1, 0.15) is 19.8 Å². The number of hydrogen-bond acceptors (Lipinski definition) is 5. The second kappa shape index (κ2) is 9.62. The van der Waals surface area contributed by atoms with E-state index in [9.17, 15) is 14.4 Å². The normalized spacial score (nSPS) is 17.3. The molecule has 0 bridgehead atoms. The number of amides is 3. The number of piperazine rings is 2. The molecule has 0 aromatic heterocycles. The lowest BCUT2D eigenvalue weighted by Crippen LogP contribution is -2.50. The lowest BCUT2D eigenvalue weighted by atomic mass is 10.2. The fraction of sp³-hybridized carbons (Fsp3) is 0.571. The van der Waals surface area contributed by atoms with Gasteiger partial charge in [0.25, 0.3) is 0 Å². The van der Waals surface area contributed by atoms with E-state index in [4.69, 9.17) is 4.74 Å². The van der Waals surface area contributed by atoms with E-state index in [0.717, 1.165) is 24.5 Å². The molecule has 8 nitrogen and oxygen atoms in total. The number of carbonyl (C=O) groups excluding carboxylic acids is 3. The largest absolute Gasteiger partial charge is 0.497 e. The molecule has 0 atom stereocenters. The minimum absolute atomic E-state index is 0.00146. The van der Waals surface area contributed by atoms with Crippen LogP contribution >= 0.6 is 0 Å². The van der Waals surface area contributed by atoms with Gasteiger partial charge in [-0.25, -0.2) is 0 Å². The number of ether oxygens (including phenoxy) is 1. The van der Waals surface area contributed by atoms with Gasteiger partial charge in [0.2, 0.25) is 17.7 Å². The van der Waals surface area contributed by atoms with Crippen molar-refractivity contribution < 1.29 is 19.1 Å². The molecule has 2 fully saturated rings. The number of nitrogens with zero attached hydrogens (tertiary/aromatic N) is 4. The molecule has 1 aromatic rings. The van der Waals surface area contributed by atoms with E-state index in [1.165, 1.54) is 0 Å². The summed E-state index contributed by atoms with van der Waals surface area (Å²) in [6.07, 6.45) is 0.478. The molecule has 158 valence electrons. The minimum atomic E-state index is -0.00146. The Morgan fingerprint density at radius 3 is 1.66 bits per heavy atom. The van der Waals surface area contributed by atoms with Gasteiger partial charge in [0.05, 0.1) is 7.11 Å². The van der Waals surface area contributed by atoms with Gasteiger partial charge >= 0.3 is 0 Å². The Morgan fingerprint density at radius 2 is 1.21 bits per heavy atom. The Bertz CT molecular complexity index is 721. The molecule has 0 spiro atoms. The van der Waals surface area contributed by atoms with Crippen LogP contribution < -0.4 is 9.64 Å². The average molecular weight is 402 g/mol. The molecule has 0 aliphatic carbocycles. The first kappa shape index (κ1) is 21.0. The second-order valence-corrected chi connectivity index (χ2v) is 7.45. The Kier molecular flexibility index (Phi) is 6.95. The maximum absolute atomic E-state index is 12.5. The molecule has 2 saturated heterocycles. The third-order valence-electron chi connectivity index (χ3n) is 5.70. The third kappa shape index (κ3) is 5.40. The van der Waals surface area contributed by atoms with Crippen molar-refractivity contribution in [2.24, 2.45) is 0 Å². The van der Waals surface area contributed by atoms with Crippen molar-refractivity contribution in [1.29, 1.82) is 0 Å². The standard InChI is InChI=1S/C21H30N4O4/c1-17(26)22-9-13-24(14-10-22)20(27)7-8-21(28)25-15-11-23(12-16-25)18-3-5-19(29-2)6-4-18/h3-6H,7-16H2,1-2H3. The molecule has 29 heavy (non-hydrogen) atoms. The molecule has 2 heterocycles. The van der Waals surface area contributed by atoms with Crippen LogP contribution in [0.4, 0.5) is 5.69 Å². The molecule has 0 N–H and O–H groups in total. The van der Waals surface area contributed by atoms with Crippen LogP contribution in [0, 0.1) is 0 Å². The maximum Gasteiger partial charge on any atom is 0.223 e. The van der Waals surface area contributed by atoms with Crippen molar-refractivity contribution in [2.75, 3.05) is 64.4 Å². The van der Waals surface area contributed by atoms with E-state index in [1.54, 1.807) is 23.8 Å². The van der Waals surface area contributed by atoms with E-state index in [1.807, 2.05) is 29.2 Å². The Hall–Kier alpha value is -2.77. The van der Waals surface area contributed by atoms with E-state index in [2.05, 4.69) is 4.90 Å². The first-order valence-corrected chi connectivity index (χ1v) is 10.2. The van der Waals surface area contributed by atoms with E-state index >= 15 is 0 Å². The monoisotopic (exact) mass is 402 g/mol. The molecular weight excluding hydrogens is 372 g/mol. The van der Waals surface area contributed by atoms with Crippen molar-refractivity contribution in [2.45, 2.75) is 19.8 Å². The summed E-state index contributed by atoms with van der Waals surface area (Å²) in [6, 6.07) is 7.94. The SMILES string of the molecule is COc1ccc(N2CCN(C(=O)CCC(=O)N3CCN(C(C)=O)CC3)CC2)cc1. The fourth-order valence-corrected chi connectivity index (χ4v) is 3.81. The number of carbonyl (C=O) groups is 3. The van der Waals surface area contributed by atoms with Crippen molar-refractivity contribution in [3.8, 4) is 5.75 Å². The van der Waals surface area contributed by atoms with Gasteiger partial charge in [-0.15, -0.1) is 0 Å². The Morgan fingerprint density at radius 1 is 0.759 bits per heavy atom. The van der Waals surface area contributed by atoms with Gasteiger partial charge in [0.1, 0.15) is 5.75 Å². The average Bonchev–Trinajstić information content (AvgIpc) is 2.77. The van der Waals surface area contributed by atoms with Crippen LogP contribution in [0.3, 0.4) is 0 Å². The van der Waals surface area contributed by atoms with E-state index < -0.39 is 0 Å². The number of benzene rings is 1. The molecule has 3 rings (SSSR count). The lowest BCUT2D eigenvalue weighted by Gasteiger charge is -2.36. The molecule has 1 aromatic carbocycles. The van der Waals surface area contributed by atoms with Gasteiger partial charge in [-0.05, 0) is 24.3 Å². The maximum atomic E-state index is 12.5. The number of methoxy groups -OCH3 is 1. The van der Waals surface area contributed by atoms with E-state index in [0.29, 0.717) is 39.3 Å². The summed E-state index contributed by atoms with van der Waals surface area (Å²) in [6.45, 7) is 6.67. The highest BCUT2D eigenvalue weighted by Gasteiger charge is 2.25. The highest BCUT2D eigenvalue weighted by molar-refractivity contribution is 5.84. The van der Waals surface area contributed by atoms with Crippen LogP contribution in [-0.4, -0.2) is 91.9 Å². The molecule has 3 amide bonds. The van der Waals surface area contributed by atoms with E-state index in [-0.39, 0.29) is 30.6 Å². The van der Waals surface area contributed by atoms with Crippen molar-refractivity contribution in [3.05, 3.63) is 24.3 Å². The number of rotatable bonds is 5. The predicted molar refractivity (Wildman–Crippen MR) is 110 cm³/mol. The zero-order valence-electron chi connectivity index (χ0n) is 17.3. The predicted octanol–water partition coefficient (Wildman–Crippen LogP) is 0.815. The van der Waals surface area contributed by atoms with Crippen LogP contribution in [-0.2, 0) is 14.4 Å². The summed E-state index contributed by atoms with van der Waals surface area (Å²) in [4.78, 5) is 43.9. The van der Waals surface area contributed by atoms with Crippen LogP contribution in [0.25, 0.3) is 0 Å². The topological polar surface area (TPSA) is 73.4 Å². The molecular formula is C21H30N4O4. The summed E-state index contributed by atoms with van der Waals surface area (Å²) >= 11 is 0. The molecule has 2 aliphatic rings. The highest BCUT2D eigenvalue weighted by Crippen LogP contribution is 2.20.